The van der Waals surface area contributed by atoms with Gasteiger partial charge < -0.3 is 0 Å². The molecule has 0 saturated heterocycles. The Bertz CT molecular complexity index is 3.25. The minimum Gasteiger partial charge on any atom is 0 e. The molecule has 0 rings (SSSR count). The van der Waals surface area contributed by atoms with E-state index in [1.165, 1.54) is 0 Å². The van der Waals surface area contributed by atoms with Crippen LogP contribution in [0.4, 0.5) is 0 Å². The van der Waals surface area contributed by atoms with Gasteiger partial charge in [-0.15, -0.1) is 0 Å². The van der Waals surface area contributed by atoms with Crippen molar-refractivity contribution in [3.63, 3.8) is 0 Å². The van der Waals surface area contributed by atoms with Crippen LogP contribution in [0.3, 0.4) is 0 Å². The molecule has 0 aromatic heterocycles. The van der Waals surface area contributed by atoms with E-state index in [2.05, 4.69) is 0 Å². The molecule has 0 fully saturated rings. The molecule has 0 spiro atoms. The molecule has 0 atom stereocenters. The summed E-state index contributed by atoms with van der Waals surface area (Å²) in [4.78, 5) is 0. The molecule has 0 amide bonds. The van der Waals surface area contributed by atoms with E-state index in [0.29, 0.717) is 0 Å². The van der Waals surface area contributed by atoms with Gasteiger partial charge in [-0.05, 0) is 0 Å². The Morgan fingerprint density at radius 1 is 0.500 bits per heavy atom. The monoisotopic (exact) mass is 284 g/mol. The molecule has 0 heterocycles. The van der Waals surface area contributed by atoms with Crippen LogP contribution in [0.25, 0.3) is 0 Å². The van der Waals surface area contributed by atoms with E-state index in [4.69, 9.17) is 0 Å². The summed E-state index contributed by atoms with van der Waals surface area (Å²) in [6, 6.07) is 0. The van der Waals surface area contributed by atoms with Crippen molar-refractivity contribution in [3.05, 3.63) is 0 Å². The van der Waals surface area contributed by atoms with Crippen LogP contribution in [0.2, 0.25) is 0 Å². The van der Waals surface area contributed by atoms with Crippen molar-refractivity contribution in [1.29, 1.82) is 0 Å². The van der Waals surface area contributed by atoms with Crippen molar-refractivity contribution in [3.8, 4) is 0 Å². The van der Waals surface area contributed by atoms with Crippen molar-refractivity contribution < 1.29 is 72.7 Å². The van der Waals surface area contributed by atoms with Crippen LogP contribution < -0.4 is 0 Å². The van der Waals surface area contributed by atoms with E-state index < -0.39 is 0 Å². The van der Waals surface area contributed by atoms with Crippen LogP contribution in [0, 0.1) is 0 Å². The Hall–Kier alpha value is 2.26. The molecule has 0 aliphatic rings. The van der Waals surface area contributed by atoms with Crippen molar-refractivity contribution in [1.82, 2.24) is 0 Å². The molecular formula is AgCo3. The van der Waals surface area contributed by atoms with Crippen LogP contribution in [0.15, 0.2) is 0 Å². The van der Waals surface area contributed by atoms with E-state index >= 15 is 0 Å². The van der Waals surface area contributed by atoms with Gasteiger partial charge in [-0.2, -0.15) is 0 Å². The second kappa shape index (κ2) is 18.7. The Kier molecular flexibility index (Phi) is 158. The van der Waals surface area contributed by atoms with Crippen LogP contribution >= 0.6 is 0 Å². The molecule has 38 valence electrons. The largest absolute Gasteiger partial charge is 0 e. The third-order valence-electron chi connectivity index (χ3n) is 0. The molecule has 4 radical (unpaired) electrons. The molecule has 0 N–H and O–H groups in total. The van der Waals surface area contributed by atoms with Crippen molar-refractivity contribution in [2.45, 2.75) is 0 Å². The molecule has 0 aromatic carbocycles. The van der Waals surface area contributed by atoms with Crippen LogP contribution in [-0.4, -0.2) is 0 Å². The van der Waals surface area contributed by atoms with Gasteiger partial charge >= 0.3 is 0 Å². The fourth-order valence-electron chi connectivity index (χ4n) is 0. The maximum atomic E-state index is 0. The van der Waals surface area contributed by atoms with Gasteiger partial charge in [-0.25, -0.2) is 0 Å². The molecule has 4 heteroatoms. The van der Waals surface area contributed by atoms with Gasteiger partial charge in [-0.3, -0.25) is 0 Å². The maximum Gasteiger partial charge on any atom is 0 e. The quantitative estimate of drug-likeness (QED) is 0.549. The summed E-state index contributed by atoms with van der Waals surface area (Å²) in [5.74, 6) is 0. The van der Waals surface area contributed by atoms with E-state index in [-0.39, 0.29) is 72.7 Å². The first kappa shape index (κ1) is 33.9. The summed E-state index contributed by atoms with van der Waals surface area (Å²) < 4.78 is 0. The Morgan fingerprint density at radius 2 is 0.500 bits per heavy atom. The molecule has 0 saturated carbocycles. The fraction of sp³-hybridized carbons (Fsp3) is 0. The summed E-state index contributed by atoms with van der Waals surface area (Å²) in [6.45, 7) is 0. The zero-order valence-electron chi connectivity index (χ0n) is 1.30. The Balaban J connectivity index is 0. The summed E-state index contributed by atoms with van der Waals surface area (Å²) in [5, 5.41) is 0. The second-order valence-electron chi connectivity index (χ2n) is 0. The molecular weight excluding hydrogens is 285 g/mol. The SMILES string of the molecule is [Ag].[Co].[Co].[Co]. The first-order valence-corrected chi connectivity index (χ1v) is 0. The zero-order valence-corrected chi connectivity index (χ0v) is 5.91. The third-order valence-corrected chi connectivity index (χ3v) is 0. The fourth-order valence-corrected chi connectivity index (χ4v) is 0. The van der Waals surface area contributed by atoms with Gasteiger partial charge in [0.2, 0.25) is 0 Å². The van der Waals surface area contributed by atoms with Gasteiger partial charge in [0.15, 0.2) is 0 Å². The zero-order chi connectivity index (χ0) is 0. The smallest absolute Gasteiger partial charge is 0 e. The van der Waals surface area contributed by atoms with E-state index in [9.17, 15) is 0 Å². The first-order chi connectivity index (χ1) is 0. The van der Waals surface area contributed by atoms with Gasteiger partial charge in [0.25, 0.3) is 0 Å². The van der Waals surface area contributed by atoms with Crippen molar-refractivity contribution in [2.75, 3.05) is 0 Å². The van der Waals surface area contributed by atoms with Gasteiger partial charge in [0.1, 0.15) is 0 Å². The molecule has 0 aromatic rings. The molecule has 0 unspecified atom stereocenters. The van der Waals surface area contributed by atoms with Crippen LogP contribution in [-0.2, 0) is 72.7 Å². The predicted octanol–water partition coefficient (Wildman–Crippen LogP) is -0.0100. The minimum absolute atomic E-state index is 0. The molecule has 0 bridgehead atoms. The Morgan fingerprint density at radius 3 is 0.500 bits per heavy atom. The van der Waals surface area contributed by atoms with E-state index in [0.717, 1.165) is 0 Å². The molecule has 0 aliphatic heterocycles. The average Bonchev–Trinajstić information content (AvgIpc) is 0. The predicted molar refractivity (Wildman–Crippen MR) is 0 cm³/mol. The number of hydrogen-bond acceptors (Lipinski definition) is 0. The van der Waals surface area contributed by atoms with Gasteiger partial charge in [0.05, 0.1) is 0 Å². The van der Waals surface area contributed by atoms with E-state index in [1.807, 2.05) is 0 Å². The van der Waals surface area contributed by atoms with Crippen molar-refractivity contribution in [2.24, 2.45) is 0 Å². The van der Waals surface area contributed by atoms with Gasteiger partial charge in [-0.1, -0.05) is 0 Å². The van der Waals surface area contributed by atoms with Crippen molar-refractivity contribution >= 4 is 0 Å². The topological polar surface area (TPSA) is 0 Å². The van der Waals surface area contributed by atoms with Crippen LogP contribution in [0.5, 0.6) is 0 Å². The number of hydrogen-bond donors (Lipinski definition) is 0. The summed E-state index contributed by atoms with van der Waals surface area (Å²) in [6.07, 6.45) is 0. The summed E-state index contributed by atoms with van der Waals surface area (Å²) >= 11 is 0. The van der Waals surface area contributed by atoms with E-state index in [1.54, 1.807) is 0 Å². The minimum atomic E-state index is 0. The molecule has 4 heavy (non-hydrogen) atoms. The Labute approximate surface area is 72.0 Å². The second-order valence-corrected chi connectivity index (χ2v) is 0. The third kappa shape index (κ3) is 8.86. The summed E-state index contributed by atoms with van der Waals surface area (Å²) in [7, 11) is 0. The number of rotatable bonds is 0. The average molecular weight is 285 g/mol. The molecule has 0 nitrogen and oxygen atoms in total. The standard InChI is InChI=1S/Ag.3Co. The first-order valence-electron chi connectivity index (χ1n) is 0. The van der Waals surface area contributed by atoms with Gasteiger partial charge in [0, 0.05) is 72.7 Å². The molecule has 0 aliphatic carbocycles. The summed E-state index contributed by atoms with van der Waals surface area (Å²) in [5.41, 5.74) is 0. The maximum absolute atomic E-state index is 0. The normalized spacial score (nSPS) is 0. The van der Waals surface area contributed by atoms with Crippen LogP contribution in [0.1, 0.15) is 0 Å².